The van der Waals surface area contributed by atoms with Crippen molar-refractivity contribution in [2.24, 2.45) is 5.73 Å². The molecule has 1 aromatic heterocycles. The van der Waals surface area contributed by atoms with Crippen LogP contribution in [0.4, 0.5) is 0 Å². The third kappa shape index (κ3) is 3.07. The fourth-order valence-corrected chi connectivity index (χ4v) is 3.54. The van der Waals surface area contributed by atoms with Gasteiger partial charge in [0.15, 0.2) is 0 Å². The number of rotatable bonds is 3. The Bertz CT molecular complexity index is 350. The van der Waals surface area contributed by atoms with Crippen molar-refractivity contribution >= 4 is 11.3 Å². The van der Waals surface area contributed by atoms with E-state index in [1.54, 1.807) is 11.3 Å². The van der Waals surface area contributed by atoms with E-state index < -0.39 is 0 Å². The highest BCUT2D eigenvalue weighted by atomic mass is 32.1. The van der Waals surface area contributed by atoms with Crippen molar-refractivity contribution < 1.29 is 4.74 Å². The summed E-state index contributed by atoms with van der Waals surface area (Å²) in [6.45, 7) is 9.01. The number of nitrogens with zero attached hydrogens (tertiary/aromatic N) is 1. The quantitative estimate of drug-likeness (QED) is 0.899. The van der Waals surface area contributed by atoms with E-state index in [4.69, 9.17) is 10.5 Å². The molecular formula is C13H22N2OS. The maximum atomic E-state index is 5.95. The molecule has 3 nitrogen and oxygen atoms in total. The van der Waals surface area contributed by atoms with Crippen LogP contribution in [0.5, 0.6) is 0 Å². The van der Waals surface area contributed by atoms with Crippen molar-refractivity contribution in [1.82, 2.24) is 4.90 Å². The fraction of sp³-hybridized carbons (Fsp3) is 0.692. The van der Waals surface area contributed by atoms with E-state index in [1.807, 2.05) is 0 Å². The molecule has 2 atom stereocenters. The second kappa shape index (κ2) is 5.06. The van der Waals surface area contributed by atoms with Crippen LogP contribution >= 0.6 is 11.3 Å². The molecular weight excluding hydrogens is 232 g/mol. The van der Waals surface area contributed by atoms with Gasteiger partial charge in [0.2, 0.25) is 0 Å². The van der Waals surface area contributed by atoms with Gasteiger partial charge in [0.1, 0.15) is 0 Å². The van der Waals surface area contributed by atoms with Crippen LogP contribution in [0.15, 0.2) is 17.5 Å². The molecule has 0 saturated carbocycles. The summed E-state index contributed by atoms with van der Waals surface area (Å²) in [6.07, 6.45) is 0.271. The number of hydrogen-bond acceptors (Lipinski definition) is 4. The summed E-state index contributed by atoms with van der Waals surface area (Å²) in [7, 11) is 0. The average molecular weight is 254 g/mol. The molecule has 17 heavy (non-hydrogen) atoms. The zero-order valence-electron chi connectivity index (χ0n) is 10.8. The molecule has 1 fully saturated rings. The minimum absolute atomic E-state index is 0.0810. The number of nitrogens with two attached hydrogens (primary N) is 1. The van der Waals surface area contributed by atoms with Crippen molar-refractivity contribution in [3.8, 4) is 0 Å². The summed E-state index contributed by atoms with van der Waals surface area (Å²) >= 11 is 1.79. The van der Waals surface area contributed by atoms with E-state index in [0.29, 0.717) is 12.6 Å². The van der Waals surface area contributed by atoms with Gasteiger partial charge >= 0.3 is 0 Å². The molecule has 1 aliphatic rings. The van der Waals surface area contributed by atoms with Gasteiger partial charge in [0, 0.05) is 24.5 Å². The number of hydrogen-bond donors (Lipinski definition) is 1. The van der Waals surface area contributed by atoms with Crippen molar-refractivity contribution in [3.63, 3.8) is 0 Å². The number of thiophene rings is 1. The highest BCUT2D eigenvalue weighted by Crippen LogP contribution is 2.30. The Morgan fingerprint density at radius 3 is 2.94 bits per heavy atom. The molecule has 2 unspecified atom stereocenters. The first-order valence-electron chi connectivity index (χ1n) is 6.17. The van der Waals surface area contributed by atoms with Gasteiger partial charge in [0.05, 0.1) is 17.7 Å². The third-order valence-electron chi connectivity index (χ3n) is 3.13. The smallest absolute Gasteiger partial charge is 0.0757 e. The van der Waals surface area contributed by atoms with Gasteiger partial charge in [-0.2, -0.15) is 0 Å². The lowest BCUT2D eigenvalue weighted by Gasteiger charge is -2.44. The van der Waals surface area contributed by atoms with E-state index in [-0.39, 0.29) is 11.7 Å². The Kier molecular flexibility index (Phi) is 3.88. The Morgan fingerprint density at radius 2 is 2.41 bits per heavy atom. The van der Waals surface area contributed by atoms with Crippen LogP contribution in [0, 0.1) is 0 Å². The molecule has 0 spiro atoms. The Hall–Kier alpha value is -0.420. The standard InChI is InChI=1S/C13H22N2OS/c1-10-8-15(9-13(2,3)16-10)11(7-14)12-5-4-6-17-12/h4-6,10-11H,7-9,14H2,1-3H3. The summed E-state index contributed by atoms with van der Waals surface area (Å²) in [5.74, 6) is 0. The molecule has 2 N–H and O–H groups in total. The van der Waals surface area contributed by atoms with Gasteiger partial charge in [-0.3, -0.25) is 4.90 Å². The summed E-state index contributed by atoms with van der Waals surface area (Å²) in [4.78, 5) is 3.82. The summed E-state index contributed by atoms with van der Waals surface area (Å²) < 4.78 is 5.94. The normalized spacial score (nSPS) is 26.9. The first-order valence-corrected chi connectivity index (χ1v) is 7.05. The Labute approximate surface area is 108 Å². The highest BCUT2D eigenvalue weighted by Gasteiger charge is 2.34. The van der Waals surface area contributed by atoms with Crippen molar-refractivity contribution in [2.45, 2.75) is 38.5 Å². The van der Waals surface area contributed by atoms with E-state index in [1.165, 1.54) is 4.88 Å². The van der Waals surface area contributed by atoms with Crippen LogP contribution in [-0.2, 0) is 4.74 Å². The molecule has 2 rings (SSSR count). The van der Waals surface area contributed by atoms with E-state index in [9.17, 15) is 0 Å². The van der Waals surface area contributed by atoms with Crippen LogP contribution in [0.1, 0.15) is 31.7 Å². The van der Waals surface area contributed by atoms with Crippen LogP contribution in [0.2, 0.25) is 0 Å². The summed E-state index contributed by atoms with van der Waals surface area (Å²) in [6, 6.07) is 4.60. The van der Waals surface area contributed by atoms with Crippen LogP contribution in [0.25, 0.3) is 0 Å². The molecule has 96 valence electrons. The minimum Gasteiger partial charge on any atom is -0.370 e. The molecule has 4 heteroatoms. The molecule has 1 aromatic rings. The van der Waals surface area contributed by atoms with E-state index in [2.05, 4.69) is 43.2 Å². The van der Waals surface area contributed by atoms with Gasteiger partial charge in [-0.25, -0.2) is 0 Å². The first kappa shape index (κ1) is 13.0. The second-order valence-corrected chi connectivity index (χ2v) is 6.36. The number of ether oxygens (including phenoxy) is 1. The zero-order chi connectivity index (χ0) is 12.5. The monoisotopic (exact) mass is 254 g/mol. The highest BCUT2D eigenvalue weighted by molar-refractivity contribution is 7.10. The Morgan fingerprint density at radius 1 is 1.65 bits per heavy atom. The van der Waals surface area contributed by atoms with E-state index >= 15 is 0 Å². The fourth-order valence-electron chi connectivity index (χ4n) is 2.67. The minimum atomic E-state index is -0.0810. The molecule has 2 heterocycles. The average Bonchev–Trinajstić information content (AvgIpc) is 2.68. The largest absolute Gasteiger partial charge is 0.370 e. The molecule has 0 bridgehead atoms. The van der Waals surface area contributed by atoms with Gasteiger partial charge in [-0.15, -0.1) is 11.3 Å². The molecule has 0 amide bonds. The molecule has 1 aliphatic heterocycles. The van der Waals surface area contributed by atoms with E-state index in [0.717, 1.165) is 13.1 Å². The van der Waals surface area contributed by atoms with Crippen LogP contribution in [-0.4, -0.2) is 36.2 Å². The SMILES string of the molecule is CC1CN(C(CN)c2cccs2)CC(C)(C)O1. The lowest BCUT2D eigenvalue weighted by molar-refractivity contribution is -0.137. The predicted octanol–water partition coefficient (Wildman–Crippen LogP) is 2.25. The van der Waals surface area contributed by atoms with Crippen LogP contribution in [0.3, 0.4) is 0 Å². The second-order valence-electron chi connectivity index (χ2n) is 5.38. The number of morpholine rings is 1. The molecule has 1 saturated heterocycles. The zero-order valence-corrected chi connectivity index (χ0v) is 11.7. The van der Waals surface area contributed by atoms with Crippen molar-refractivity contribution in [3.05, 3.63) is 22.4 Å². The predicted molar refractivity (Wildman–Crippen MR) is 72.3 cm³/mol. The molecule has 0 aliphatic carbocycles. The van der Waals surface area contributed by atoms with Crippen molar-refractivity contribution in [1.29, 1.82) is 0 Å². The molecule has 0 radical (unpaired) electrons. The first-order chi connectivity index (χ1) is 8.02. The molecule has 0 aromatic carbocycles. The van der Waals surface area contributed by atoms with Gasteiger partial charge in [-0.1, -0.05) is 6.07 Å². The van der Waals surface area contributed by atoms with Crippen molar-refractivity contribution in [2.75, 3.05) is 19.6 Å². The Balaban J connectivity index is 2.14. The van der Waals surface area contributed by atoms with Crippen LogP contribution < -0.4 is 5.73 Å². The van der Waals surface area contributed by atoms with Gasteiger partial charge in [-0.05, 0) is 32.2 Å². The van der Waals surface area contributed by atoms with Gasteiger partial charge in [0.25, 0.3) is 0 Å². The maximum absolute atomic E-state index is 5.95. The summed E-state index contributed by atoms with van der Waals surface area (Å²) in [5, 5.41) is 2.12. The van der Waals surface area contributed by atoms with Gasteiger partial charge < -0.3 is 10.5 Å². The maximum Gasteiger partial charge on any atom is 0.0757 e. The lowest BCUT2D eigenvalue weighted by atomic mass is 10.0. The third-order valence-corrected chi connectivity index (χ3v) is 4.10. The lowest BCUT2D eigenvalue weighted by Crippen LogP contribution is -2.53. The summed E-state index contributed by atoms with van der Waals surface area (Å²) in [5.41, 5.74) is 5.87. The topological polar surface area (TPSA) is 38.5 Å².